The van der Waals surface area contributed by atoms with Gasteiger partial charge in [-0.1, -0.05) is 31.8 Å². The fraction of sp³-hybridized carbons (Fsp3) is 0.471. The Labute approximate surface area is 135 Å². The number of rotatable bonds is 7. The fourth-order valence-electron chi connectivity index (χ4n) is 2.04. The number of hydrogen-bond acceptors (Lipinski definition) is 4. The predicted molar refractivity (Wildman–Crippen MR) is 99.7 cm³/mol. The molecule has 4 N–H and O–H groups in total. The van der Waals surface area contributed by atoms with Crippen LogP contribution in [0.2, 0.25) is 25.7 Å². The van der Waals surface area contributed by atoms with Crippen molar-refractivity contribution in [2.24, 2.45) is 10.7 Å². The summed E-state index contributed by atoms with van der Waals surface area (Å²) in [5, 5.41) is 0. The Kier molecular flexibility index (Phi) is 6.84. The molecule has 0 unspecified atom stereocenters. The average Bonchev–Trinajstić information content (AvgIpc) is 2.39. The summed E-state index contributed by atoms with van der Waals surface area (Å²) in [6.45, 7) is 12.0. The quantitative estimate of drug-likeness (QED) is 0.348. The molecule has 0 aromatic heterocycles. The maximum atomic E-state index is 6.03. The molecule has 0 radical (unpaired) electrons. The molecule has 0 saturated heterocycles. The highest BCUT2D eigenvalue weighted by Crippen LogP contribution is 2.20. The standard InChI is InChI=1S/C17H29N3OSi/c1-13(18)17(15-6-8-16(19)9-7-15)14(2)20-12-21-10-11-22(3,4)5/h6-9H,10-12,18-19H2,1-5H3. The number of anilines is 1. The Morgan fingerprint density at radius 3 is 2.23 bits per heavy atom. The number of ether oxygens (including phenoxy) is 1. The fourth-order valence-corrected chi connectivity index (χ4v) is 2.79. The third kappa shape index (κ3) is 6.45. The Balaban J connectivity index is 2.71. The molecule has 0 saturated carbocycles. The molecule has 0 aliphatic carbocycles. The molecule has 0 bridgehead atoms. The largest absolute Gasteiger partial charge is 0.402 e. The second-order valence-electron chi connectivity index (χ2n) is 6.77. The second-order valence-corrected chi connectivity index (χ2v) is 12.4. The molecule has 1 aromatic carbocycles. The molecule has 22 heavy (non-hydrogen) atoms. The Morgan fingerprint density at radius 2 is 1.73 bits per heavy atom. The van der Waals surface area contributed by atoms with Crippen molar-refractivity contribution in [1.82, 2.24) is 0 Å². The van der Waals surface area contributed by atoms with Gasteiger partial charge in [-0.2, -0.15) is 0 Å². The van der Waals surface area contributed by atoms with Crippen LogP contribution in [0, 0.1) is 0 Å². The van der Waals surface area contributed by atoms with Gasteiger partial charge in [0.2, 0.25) is 0 Å². The van der Waals surface area contributed by atoms with Gasteiger partial charge >= 0.3 is 0 Å². The lowest BCUT2D eigenvalue weighted by Gasteiger charge is -2.15. The molecule has 1 rings (SSSR count). The van der Waals surface area contributed by atoms with Crippen LogP contribution in [0.1, 0.15) is 19.4 Å². The van der Waals surface area contributed by atoms with Crippen LogP contribution in [0.15, 0.2) is 35.0 Å². The van der Waals surface area contributed by atoms with Gasteiger partial charge in [0.15, 0.2) is 0 Å². The topological polar surface area (TPSA) is 73.6 Å². The van der Waals surface area contributed by atoms with Crippen LogP contribution in [-0.2, 0) is 4.74 Å². The van der Waals surface area contributed by atoms with Crippen molar-refractivity contribution in [3.05, 3.63) is 35.5 Å². The van der Waals surface area contributed by atoms with Gasteiger partial charge in [-0.25, -0.2) is 0 Å². The SMILES string of the molecule is CC(=NCOCC[Si](C)(C)C)C(=C(C)N)c1ccc(N)cc1. The molecule has 0 fully saturated rings. The minimum Gasteiger partial charge on any atom is -0.402 e. The van der Waals surface area contributed by atoms with Gasteiger partial charge in [-0.05, 0) is 37.6 Å². The molecular weight excluding hydrogens is 290 g/mol. The van der Waals surface area contributed by atoms with Crippen molar-refractivity contribution in [2.75, 3.05) is 19.1 Å². The molecule has 4 nitrogen and oxygen atoms in total. The monoisotopic (exact) mass is 319 g/mol. The number of benzene rings is 1. The summed E-state index contributed by atoms with van der Waals surface area (Å²) in [5.74, 6) is 0. The van der Waals surface area contributed by atoms with Crippen molar-refractivity contribution in [3.63, 3.8) is 0 Å². The van der Waals surface area contributed by atoms with E-state index in [0.29, 0.717) is 6.73 Å². The van der Waals surface area contributed by atoms with E-state index in [0.717, 1.165) is 40.9 Å². The summed E-state index contributed by atoms with van der Waals surface area (Å²) in [6.07, 6.45) is 0. The molecule has 0 aliphatic rings. The number of hydrogen-bond donors (Lipinski definition) is 2. The van der Waals surface area contributed by atoms with Crippen molar-refractivity contribution in [1.29, 1.82) is 0 Å². The average molecular weight is 320 g/mol. The Bertz CT molecular complexity index is 538. The van der Waals surface area contributed by atoms with Crippen LogP contribution in [0.4, 0.5) is 5.69 Å². The van der Waals surface area contributed by atoms with E-state index < -0.39 is 8.07 Å². The van der Waals surface area contributed by atoms with Gasteiger partial charge in [0.25, 0.3) is 0 Å². The smallest absolute Gasteiger partial charge is 0.137 e. The highest BCUT2D eigenvalue weighted by atomic mass is 28.3. The van der Waals surface area contributed by atoms with Gasteiger partial charge in [-0.15, -0.1) is 0 Å². The molecule has 0 atom stereocenters. The van der Waals surface area contributed by atoms with E-state index in [1.807, 2.05) is 38.1 Å². The number of nitrogens with zero attached hydrogens (tertiary/aromatic N) is 1. The summed E-state index contributed by atoms with van der Waals surface area (Å²) in [7, 11) is -1.05. The molecule has 1 aromatic rings. The zero-order valence-corrected chi connectivity index (χ0v) is 15.4. The molecule has 0 spiro atoms. The lowest BCUT2D eigenvalue weighted by Crippen LogP contribution is -2.21. The Morgan fingerprint density at radius 1 is 1.14 bits per heavy atom. The highest BCUT2D eigenvalue weighted by molar-refractivity contribution is 6.76. The normalized spacial score (nSPS) is 14.0. The van der Waals surface area contributed by atoms with Crippen LogP contribution >= 0.6 is 0 Å². The van der Waals surface area contributed by atoms with Crippen molar-refractivity contribution < 1.29 is 4.74 Å². The maximum Gasteiger partial charge on any atom is 0.137 e. The van der Waals surface area contributed by atoms with Crippen LogP contribution in [-0.4, -0.2) is 27.1 Å². The third-order valence-corrected chi connectivity index (χ3v) is 5.05. The first-order valence-corrected chi connectivity index (χ1v) is 11.3. The van der Waals surface area contributed by atoms with E-state index in [1.165, 1.54) is 0 Å². The van der Waals surface area contributed by atoms with Gasteiger partial charge < -0.3 is 16.2 Å². The van der Waals surface area contributed by atoms with E-state index >= 15 is 0 Å². The first-order chi connectivity index (χ1) is 10.2. The summed E-state index contributed by atoms with van der Waals surface area (Å²) in [5.41, 5.74) is 16.1. The van der Waals surface area contributed by atoms with Crippen LogP contribution < -0.4 is 11.5 Å². The van der Waals surface area contributed by atoms with Gasteiger partial charge in [0, 0.05) is 37.3 Å². The van der Waals surface area contributed by atoms with E-state index in [2.05, 4.69) is 24.6 Å². The van der Waals surface area contributed by atoms with Crippen LogP contribution in [0.25, 0.3) is 5.57 Å². The zero-order chi connectivity index (χ0) is 16.8. The molecule has 0 amide bonds. The summed E-state index contributed by atoms with van der Waals surface area (Å²) in [4.78, 5) is 4.50. The summed E-state index contributed by atoms with van der Waals surface area (Å²) in [6, 6.07) is 8.82. The minimum absolute atomic E-state index is 0.377. The molecule has 122 valence electrons. The zero-order valence-electron chi connectivity index (χ0n) is 14.4. The lowest BCUT2D eigenvalue weighted by atomic mass is 10.00. The van der Waals surface area contributed by atoms with Crippen molar-refractivity contribution >= 4 is 25.0 Å². The van der Waals surface area contributed by atoms with E-state index in [1.54, 1.807) is 0 Å². The van der Waals surface area contributed by atoms with E-state index in [4.69, 9.17) is 16.2 Å². The molecule has 5 heteroatoms. The number of aliphatic imine (C=N–C) groups is 1. The van der Waals surface area contributed by atoms with Gasteiger partial charge in [0.05, 0.1) is 0 Å². The second kappa shape index (κ2) is 8.15. The molecule has 0 aliphatic heterocycles. The maximum absolute atomic E-state index is 6.03. The summed E-state index contributed by atoms with van der Waals surface area (Å²) >= 11 is 0. The molecule has 0 heterocycles. The minimum atomic E-state index is -1.05. The molecular formula is C17H29N3OSi. The van der Waals surface area contributed by atoms with E-state index in [-0.39, 0.29) is 0 Å². The number of nitrogen functional groups attached to an aromatic ring is 1. The lowest BCUT2D eigenvalue weighted by molar-refractivity contribution is 0.155. The first-order valence-electron chi connectivity index (χ1n) is 7.62. The summed E-state index contributed by atoms with van der Waals surface area (Å²) < 4.78 is 5.63. The van der Waals surface area contributed by atoms with Gasteiger partial charge in [-0.3, -0.25) is 4.99 Å². The Hall–Kier alpha value is -1.59. The van der Waals surface area contributed by atoms with Crippen molar-refractivity contribution in [3.8, 4) is 0 Å². The third-order valence-electron chi connectivity index (χ3n) is 3.34. The van der Waals surface area contributed by atoms with Crippen LogP contribution in [0.5, 0.6) is 0 Å². The first kappa shape index (κ1) is 18.5. The number of allylic oxidation sites excluding steroid dienone is 2. The predicted octanol–water partition coefficient (Wildman–Crippen LogP) is 3.73. The van der Waals surface area contributed by atoms with E-state index in [9.17, 15) is 0 Å². The highest BCUT2D eigenvalue weighted by Gasteiger charge is 2.12. The van der Waals surface area contributed by atoms with Gasteiger partial charge in [0.1, 0.15) is 6.73 Å². The van der Waals surface area contributed by atoms with Crippen LogP contribution in [0.3, 0.4) is 0 Å². The van der Waals surface area contributed by atoms with Crippen molar-refractivity contribution in [2.45, 2.75) is 39.5 Å². The number of nitrogens with two attached hydrogens (primary N) is 2.